The van der Waals surface area contributed by atoms with E-state index in [4.69, 9.17) is 4.74 Å². The van der Waals surface area contributed by atoms with Gasteiger partial charge in [0, 0.05) is 69.8 Å². The van der Waals surface area contributed by atoms with Crippen molar-refractivity contribution >= 4 is 11.9 Å². The van der Waals surface area contributed by atoms with Gasteiger partial charge in [-0.25, -0.2) is 4.68 Å². The number of hydrogen-bond donors (Lipinski definition) is 1. The molecule has 0 aromatic carbocycles. The predicted molar refractivity (Wildman–Crippen MR) is 108 cm³/mol. The molecule has 0 aliphatic heterocycles. The Morgan fingerprint density at radius 3 is 3.00 bits per heavy atom. The molecular formula is C19H27N7O2. The molecule has 9 nitrogen and oxygen atoms in total. The van der Waals surface area contributed by atoms with Crippen LogP contribution in [-0.4, -0.2) is 44.4 Å². The van der Waals surface area contributed by atoms with Crippen LogP contribution in [0.1, 0.15) is 18.9 Å². The minimum atomic E-state index is -0.195. The molecule has 9 heteroatoms. The van der Waals surface area contributed by atoms with Crippen LogP contribution in [-0.2, 0) is 20.6 Å². The Kier molecular flexibility index (Phi) is 6.13. The molecule has 0 saturated heterocycles. The van der Waals surface area contributed by atoms with E-state index in [0.29, 0.717) is 36.6 Å². The van der Waals surface area contributed by atoms with Crippen molar-refractivity contribution in [3.63, 3.8) is 0 Å². The molecule has 1 saturated carbocycles. The molecule has 2 heterocycles. The standard InChI is InChI=1S/C19H27N7O2/c1-5-6-24(2)22-11-15-7-16(15)13-28-18-8-17(19(27)26(4)23-18)20-9-14-10-21-25(3)12-14/h5-6,8,10-12,15-16,20H,7,9,13H2,1-4H3/b6-5-,22-11+/t15-,16-/m1/s1. The molecular weight excluding hydrogens is 358 g/mol. The number of allylic oxidation sites excluding steroid dienone is 1. The van der Waals surface area contributed by atoms with Crippen LogP contribution < -0.4 is 15.6 Å². The number of nitrogens with zero attached hydrogens (tertiary/aromatic N) is 6. The van der Waals surface area contributed by atoms with Crippen molar-refractivity contribution in [2.45, 2.75) is 19.9 Å². The summed E-state index contributed by atoms with van der Waals surface area (Å²) in [5.41, 5.74) is 1.25. The maximum Gasteiger partial charge on any atom is 0.290 e. The van der Waals surface area contributed by atoms with Crippen molar-refractivity contribution in [3.05, 3.63) is 46.7 Å². The lowest BCUT2D eigenvalue weighted by atomic mass is 10.3. The van der Waals surface area contributed by atoms with Gasteiger partial charge in [-0.15, -0.1) is 5.10 Å². The number of anilines is 1. The van der Waals surface area contributed by atoms with E-state index in [-0.39, 0.29) is 5.56 Å². The molecule has 0 amide bonds. The van der Waals surface area contributed by atoms with Gasteiger partial charge in [0.15, 0.2) is 0 Å². The van der Waals surface area contributed by atoms with Crippen molar-refractivity contribution in [1.82, 2.24) is 24.6 Å². The number of hydrogen-bond acceptors (Lipinski definition) is 7. The Bertz CT molecular complexity index is 915. The van der Waals surface area contributed by atoms with Gasteiger partial charge in [-0.3, -0.25) is 14.5 Å². The summed E-state index contributed by atoms with van der Waals surface area (Å²) < 4.78 is 8.85. The molecule has 3 rings (SSSR count). The molecule has 0 bridgehead atoms. The SMILES string of the molecule is C/C=C\N(C)/N=C/[C@H]1C[C@@H]1COc1cc(NCc2cnn(C)c2)c(=O)n(C)n1. The van der Waals surface area contributed by atoms with Gasteiger partial charge < -0.3 is 10.1 Å². The van der Waals surface area contributed by atoms with E-state index in [1.54, 1.807) is 29.0 Å². The topological polar surface area (TPSA) is 89.6 Å². The molecule has 2 atom stereocenters. The van der Waals surface area contributed by atoms with Gasteiger partial charge in [0.05, 0.1) is 12.8 Å². The minimum absolute atomic E-state index is 0.195. The number of aromatic nitrogens is 4. The van der Waals surface area contributed by atoms with E-state index in [2.05, 4.69) is 20.6 Å². The average Bonchev–Trinajstić information content (AvgIpc) is 3.30. The number of rotatable bonds is 9. The highest BCUT2D eigenvalue weighted by Crippen LogP contribution is 2.37. The van der Waals surface area contributed by atoms with Crippen molar-refractivity contribution in [2.75, 3.05) is 19.0 Å². The first-order valence-corrected chi connectivity index (χ1v) is 9.28. The minimum Gasteiger partial charge on any atom is -0.476 e. The molecule has 0 spiro atoms. The zero-order valence-electron chi connectivity index (χ0n) is 16.7. The number of aryl methyl sites for hydroxylation is 2. The van der Waals surface area contributed by atoms with Crippen molar-refractivity contribution in [2.24, 2.45) is 31.0 Å². The fraction of sp³-hybridized carbons (Fsp3) is 0.474. The van der Waals surface area contributed by atoms with E-state index in [0.717, 1.165) is 12.0 Å². The Labute approximate surface area is 164 Å². The van der Waals surface area contributed by atoms with Crippen LogP contribution >= 0.6 is 0 Å². The average molecular weight is 385 g/mol. The van der Waals surface area contributed by atoms with E-state index in [1.807, 2.05) is 45.7 Å². The van der Waals surface area contributed by atoms with Crippen molar-refractivity contribution in [1.29, 1.82) is 0 Å². The van der Waals surface area contributed by atoms with Crippen LogP contribution in [0, 0.1) is 11.8 Å². The highest BCUT2D eigenvalue weighted by Gasteiger charge is 2.36. The van der Waals surface area contributed by atoms with Gasteiger partial charge in [0.2, 0.25) is 5.88 Å². The van der Waals surface area contributed by atoms with Crippen molar-refractivity contribution < 1.29 is 4.74 Å². The first-order valence-electron chi connectivity index (χ1n) is 9.28. The zero-order chi connectivity index (χ0) is 20.1. The Morgan fingerprint density at radius 1 is 1.46 bits per heavy atom. The number of hydrazone groups is 1. The van der Waals surface area contributed by atoms with E-state index >= 15 is 0 Å². The first kappa shape index (κ1) is 19.7. The highest BCUT2D eigenvalue weighted by molar-refractivity contribution is 5.64. The van der Waals surface area contributed by atoms with E-state index in [9.17, 15) is 4.79 Å². The second-order valence-corrected chi connectivity index (χ2v) is 6.99. The van der Waals surface area contributed by atoms with Crippen LogP contribution in [0.5, 0.6) is 5.88 Å². The summed E-state index contributed by atoms with van der Waals surface area (Å²) in [4.78, 5) is 12.3. The smallest absolute Gasteiger partial charge is 0.290 e. The predicted octanol–water partition coefficient (Wildman–Crippen LogP) is 1.59. The summed E-state index contributed by atoms with van der Waals surface area (Å²) in [6.07, 6.45) is 10.5. The summed E-state index contributed by atoms with van der Waals surface area (Å²) in [5, 5.41) is 17.6. The van der Waals surface area contributed by atoms with Crippen molar-refractivity contribution in [3.8, 4) is 5.88 Å². The summed E-state index contributed by atoms with van der Waals surface area (Å²) in [7, 11) is 5.38. The Morgan fingerprint density at radius 2 is 2.29 bits per heavy atom. The van der Waals surface area contributed by atoms with Gasteiger partial charge in [0.25, 0.3) is 5.56 Å². The second-order valence-electron chi connectivity index (χ2n) is 6.99. The highest BCUT2D eigenvalue weighted by atomic mass is 16.5. The molecule has 2 aromatic rings. The Hall–Kier alpha value is -3.10. The molecule has 28 heavy (non-hydrogen) atoms. The van der Waals surface area contributed by atoms with Gasteiger partial charge in [0.1, 0.15) is 5.69 Å². The maximum absolute atomic E-state index is 12.3. The van der Waals surface area contributed by atoms with Gasteiger partial charge in [-0.05, 0) is 13.3 Å². The third kappa shape index (κ3) is 5.21. The maximum atomic E-state index is 12.3. The van der Waals surface area contributed by atoms with Crippen LogP contribution in [0.25, 0.3) is 0 Å². The normalized spacial score (nSPS) is 18.7. The number of nitrogens with one attached hydrogen (secondary N) is 1. The first-order chi connectivity index (χ1) is 13.5. The summed E-state index contributed by atoms with van der Waals surface area (Å²) in [6, 6.07) is 1.66. The van der Waals surface area contributed by atoms with Gasteiger partial charge >= 0.3 is 0 Å². The van der Waals surface area contributed by atoms with E-state index < -0.39 is 0 Å². The lowest BCUT2D eigenvalue weighted by Gasteiger charge is -2.10. The van der Waals surface area contributed by atoms with E-state index in [1.165, 1.54) is 4.68 Å². The lowest BCUT2D eigenvalue weighted by Crippen LogP contribution is -2.24. The van der Waals surface area contributed by atoms with Crippen LogP contribution in [0.15, 0.2) is 40.6 Å². The molecule has 1 aliphatic rings. The fourth-order valence-corrected chi connectivity index (χ4v) is 2.82. The summed E-state index contributed by atoms with van der Waals surface area (Å²) in [5.74, 6) is 1.28. The van der Waals surface area contributed by atoms with Gasteiger partial charge in [-0.2, -0.15) is 10.2 Å². The largest absolute Gasteiger partial charge is 0.476 e. The Balaban J connectivity index is 1.55. The molecule has 0 unspecified atom stereocenters. The molecule has 150 valence electrons. The third-order valence-corrected chi connectivity index (χ3v) is 4.51. The molecule has 1 fully saturated rings. The fourth-order valence-electron chi connectivity index (χ4n) is 2.82. The monoisotopic (exact) mass is 385 g/mol. The summed E-state index contributed by atoms with van der Waals surface area (Å²) in [6.45, 7) is 3.02. The zero-order valence-corrected chi connectivity index (χ0v) is 16.7. The molecule has 1 aliphatic carbocycles. The quantitative estimate of drug-likeness (QED) is 0.521. The third-order valence-electron chi connectivity index (χ3n) is 4.51. The second kappa shape index (κ2) is 8.73. The molecule has 2 aromatic heterocycles. The van der Waals surface area contributed by atoms with Crippen LogP contribution in [0.3, 0.4) is 0 Å². The summed E-state index contributed by atoms with van der Waals surface area (Å²) >= 11 is 0. The molecule has 0 radical (unpaired) electrons. The molecule has 1 N–H and O–H groups in total. The lowest BCUT2D eigenvalue weighted by molar-refractivity contribution is 0.278. The van der Waals surface area contributed by atoms with Gasteiger partial charge in [-0.1, -0.05) is 6.08 Å². The van der Waals surface area contributed by atoms with Crippen LogP contribution in [0.2, 0.25) is 0 Å². The van der Waals surface area contributed by atoms with Crippen LogP contribution in [0.4, 0.5) is 5.69 Å². The number of ether oxygens (including phenoxy) is 1.